The molecule has 0 saturated heterocycles. The molecule has 2 rings (SSSR count). The van der Waals surface area contributed by atoms with Crippen molar-refractivity contribution in [1.82, 2.24) is 10.4 Å². The molecule has 1 amide bonds. The van der Waals surface area contributed by atoms with Crippen molar-refractivity contribution < 1.29 is 4.79 Å². The van der Waals surface area contributed by atoms with Crippen LogP contribution in [-0.4, -0.2) is 16.7 Å². The Morgan fingerprint density at radius 1 is 1.14 bits per heavy atom. The van der Waals surface area contributed by atoms with Gasteiger partial charge in [-0.15, -0.1) is 0 Å². The summed E-state index contributed by atoms with van der Waals surface area (Å²) in [5.74, 6) is 4.91. The average Bonchev–Trinajstić information content (AvgIpc) is 2.70. The van der Waals surface area contributed by atoms with E-state index < -0.39 is 0 Å². The predicted molar refractivity (Wildman–Crippen MR) is 113 cm³/mol. The molecule has 0 saturated carbocycles. The fourth-order valence-electron chi connectivity index (χ4n) is 2.37. The fourth-order valence-corrected chi connectivity index (χ4v) is 2.37. The Hall–Kier alpha value is -3.91. The molecule has 1 aromatic carbocycles. The van der Waals surface area contributed by atoms with E-state index in [0.29, 0.717) is 17.7 Å². The second-order valence-corrected chi connectivity index (χ2v) is 5.81. The highest BCUT2D eigenvalue weighted by molar-refractivity contribution is 6.02. The van der Waals surface area contributed by atoms with Crippen LogP contribution in [0.5, 0.6) is 0 Å². The first-order valence-corrected chi connectivity index (χ1v) is 8.43. The first-order valence-electron chi connectivity index (χ1n) is 8.43. The third-order valence-corrected chi connectivity index (χ3v) is 3.82. The number of nitrogens with one attached hydrogen (secondary N) is 3. The van der Waals surface area contributed by atoms with E-state index in [1.54, 1.807) is 42.9 Å². The van der Waals surface area contributed by atoms with Crippen LogP contribution in [0.25, 0.3) is 12.2 Å². The van der Waals surface area contributed by atoms with Crippen LogP contribution in [0.2, 0.25) is 0 Å². The topological polar surface area (TPSA) is 156 Å². The monoisotopic (exact) mass is 377 g/mol. The van der Waals surface area contributed by atoms with E-state index in [0.717, 1.165) is 16.7 Å². The summed E-state index contributed by atoms with van der Waals surface area (Å²) in [6.07, 6.45) is 11.6. The smallest absolute Gasteiger partial charge is 0.248 e. The van der Waals surface area contributed by atoms with Gasteiger partial charge < -0.3 is 22.2 Å². The van der Waals surface area contributed by atoms with E-state index in [1.165, 1.54) is 12.3 Å². The number of anilines is 1. The van der Waals surface area contributed by atoms with Gasteiger partial charge in [-0.2, -0.15) is 0 Å². The lowest BCUT2D eigenvalue weighted by Crippen LogP contribution is -2.16. The summed E-state index contributed by atoms with van der Waals surface area (Å²) in [6, 6.07) is 9.06. The first kappa shape index (κ1) is 20.4. The molecule has 2 aromatic rings. The average molecular weight is 377 g/mol. The summed E-state index contributed by atoms with van der Waals surface area (Å²) in [5, 5.41) is 10.2. The highest BCUT2D eigenvalue weighted by Gasteiger charge is 2.04. The Kier molecular flexibility index (Phi) is 7.50. The molecule has 0 aliphatic heterocycles. The number of hydrazine groups is 1. The Labute approximate surface area is 163 Å². The minimum absolute atomic E-state index is 0.0584. The number of carbonyl (C=O) groups is 1. The van der Waals surface area contributed by atoms with Crippen molar-refractivity contribution in [3.8, 4) is 0 Å². The third kappa shape index (κ3) is 6.11. The molecular formula is C20H23N7O. The molecule has 0 spiro atoms. The zero-order valence-electron chi connectivity index (χ0n) is 15.2. The maximum atomic E-state index is 12.2. The van der Waals surface area contributed by atoms with Gasteiger partial charge in [-0.1, -0.05) is 12.1 Å². The van der Waals surface area contributed by atoms with Gasteiger partial charge in [0.25, 0.3) is 0 Å². The molecule has 1 aromatic heterocycles. The highest BCUT2D eigenvalue weighted by Crippen LogP contribution is 2.14. The second kappa shape index (κ2) is 10.3. The molecule has 9 N–H and O–H groups in total. The number of amidine groups is 1. The number of pyridine rings is 1. The van der Waals surface area contributed by atoms with E-state index in [9.17, 15) is 4.79 Å². The van der Waals surface area contributed by atoms with Gasteiger partial charge in [-0.25, -0.2) is 0 Å². The van der Waals surface area contributed by atoms with Crippen LogP contribution in [0, 0.1) is 5.41 Å². The summed E-state index contributed by atoms with van der Waals surface area (Å²) < 4.78 is 0. The van der Waals surface area contributed by atoms with E-state index in [-0.39, 0.29) is 11.7 Å². The predicted octanol–water partition coefficient (Wildman–Crippen LogP) is 1.49. The lowest BCUT2D eigenvalue weighted by atomic mass is 10.0. The number of nitrogens with zero attached hydrogens (tertiary/aromatic N) is 1. The molecule has 0 atom stereocenters. The van der Waals surface area contributed by atoms with Crippen LogP contribution in [-0.2, 0) is 11.2 Å². The number of benzene rings is 1. The maximum Gasteiger partial charge on any atom is 0.248 e. The van der Waals surface area contributed by atoms with Gasteiger partial charge in [-0.05, 0) is 41.5 Å². The largest absolute Gasteiger partial charge is 0.404 e. The van der Waals surface area contributed by atoms with Crippen molar-refractivity contribution in [2.24, 2.45) is 17.3 Å². The van der Waals surface area contributed by atoms with Gasteiger partial charge in [0, 0.05) is 54.1 Å². The lowest BCUT2D eigenvalue weighted by Gasteiger charge is -2.07. The number of hydrogen-bond acceptors (Lipinski definition) is 6. The highest BCUT2D eigenvalue weighted by atomic mass is 16.1. The Balaban J connectivity index is 2.01. The van der Waals surface area contributed by atoms with Crippen molar-refractivity contribution in [1.29, 1.82) is 5.41 Å². The number of nitrogens with two attached hydrogens (primary N) is 3. The molecule has 28 heavy (non-hydrogen) atoms. The Morgan fingerprint density at radius 2 is 1.89 bits per heavy atom. The summed E-state index contributed by atoms with van der Waals surface area (Å²) >= 11 is 0. The van der Waals surface area contributed by atoms with Crippen molar-refractivity contribution in [2.45, 2.75) is 6.42 Å². The van der Waals surface area contributed by atoms with Gasteiger partial charge in [-0.3, -0.25) is 21.0 Å². The van der Waals surface area contributed by atoms with Gasteiger partial charge in [0.1, 0.15) is 5.84 Å². The molecule has 0 aliphatic carbocycles. The number of hydrogen-bond donors (Lipinski definition) is 6. The molecule has 144 valence electrons. The van der Waals surface area contributed by atoms with E-state index in [2.05, 4.69) is 15.7 Å². The molecule has 0 aliphatic rings. The molecule has 0 unspecified atom stereocenters. The van der Waals surface area contributed by atoms with Gasteiger partial charge in [0.05, 0.1) is 0 Å². The molecule has 0 fully saturated rings. The fraction of sp³-hybridized carbons (Fsp3) is 0.0500. The van der Waals surface area contributed by atoms with Crippen LogP contribution in [0.4, 0.5) is 5.69 Å². The third-order valence-electron chi connectivity index (χ3n) is 3.82. The van der Waals surface area contributed by atoms with Crippen molar-refractivity contribution in [3.05, 3.63) is 83.5 Å². The molecule has 0 bridgehead atoms. The van der Waals surface area contributed by atoms with Crippen LogP contribution < -0.4 is 28.1 Å². The first-order chi connectivity index (χ1) is 13.5. The van der Waals surface area contributed by atoms with Gasteiger partial charge in [0.2, 0.25) is 5.91 Å². The second-order valence-electron chi connectivity index (χ2n) is 5.81. The molecule has 8 heteroatoms. The van der Waals surface area contributed by atoms with E-state index in [1.807, 2.05) is 18.2 Å². The molecule has 8 nitrogen and oxygen atoms in total. The van der Waals surface area contributed by atoms with E-state index >= 15 is 0 Å². The number of aromatic nitrogens is 1. The number of rotatable bonds is 8. The summed E-state index contributed by atoms with van der Waals surface area (Å²) in [7, 11) is 0. The number of carbonyl (C=O) groups excluding carboxylic acids is 1. The van der Waals surface area contributed by atoms with Crippen molar-refractivity contribution >= 4 is 29.6 Å². The van der Waals surface area contributed by atoms with Crippen molar-refractivity contribution in [2.75, 3.05) is 5.32 Å². The Bertz CT molecular complexity index is 914. The molecule has 0 radical (unpaired) electrons. The normalized spacial score (nSPS) is 11.7. The van der Waals surface area contributed by atoms with Crippen molar-refractivity contribution in [3.63, 3.8) is 0 Å². The van der Waals surface area contributed by atoms with E-state index in [4.69, 9.17) is 22.7 Å². The molecular weight excluding hydrogens is 354 g/mol. The summed E-state index contributed by atoms with van der Waals surface area (Å²) in [4.78, 5) is 16.2. The van der Waals surface area contributed by atoms with Crippen LogP contribution in [0.15, 0.2) is 66.8 Å². The summed E-state index contributed by atoms with van der Waals surface area (Å²) in [6.45, 7) is 0. The minimum atomic E-state index is -0.269. The zero-order valence-corrected chi connectivity index (χ0v) is 15.2. The number of amides is 1. The minimum Gasteiger partial charge on any atom is -0.404 e. The maximum absolute atomic E-state index is 12.2. The van der Waals surface area contributed by atoms with Gasteiger partial charge >= 0.3 is 0 Å². The quantitative estimate of drug-likeness (QED) is 0.135. The SMILES string of the molecule is N=C(N)/C(=C\N)Cc1ccc(NC(=O)/C=C/c2cnccc2/C=C/NN)cc1. The van der Waals surface area contributed by atoms with Crippen LogP contribution in [0.3, 0.4) is 0 Å². The Morgan fingerprint density at radius 3 is 2.54 bits per heavy atom. The van der Waals surface area contributed by atoms with Crippen LogP contribution >= 0.6 is 0 Å². The zero-order chi connectivity index (χ0) is 20.4. The molecule has 1 heterocycles. The standard InChI is InChI=1S/C20H23N7O/c21-12-17(20(22)23)11-14-1-4-18(5-2-14)27-19(28)6-3-16-13-25-9-7-15(16)8-10-26-24/h1-10,12-13,26H,11,21,24H2,(H3,22,23)(H,27,28)/b6-3+,10-8+,17-12-. The lowest BCUT2D eigenvalue weighted by molar-refractivity contribution is -0.111. The van der Waals surface area contributed by atoms with Gasteiger partial charge in [0.15, 0.2) is 0 Å². The summed E-state index contributed by atoms with van der Waals surface area (Å²) in [5.41, 5.74) is 17.1. The van der Waals surface area contributed by atoms with Crippen LogP contribution in [0.1, 0.15) is 16.7 Å².